The summed E-state index contributed by atoms with van der Waals surface area (Å²) in [6, 6.07) is 25.5. The lowest BCUT2D eigenvalue weighted by Crippen LogP contribution is -1.83. The molecule has 5 rings (SSSR count). The number of rotatable bonds is 4. The van der Waals surface area contributed by atoms with Crippen LogP contribution in [0.1, 0.15) is 10.8 Å². The number of nitriles is 1. The molecule has 0 unspecified atom stereocenters. The molecule has 0 fully saturated rings. The molecule has 154 valence electrons. The lowest BCUT2D eigenvalue weighted by atomic mass is 10.1. The van der Waals surface area contributed by atoms with E-state index in [1.54, 1.807) is 36.4 Å². The van der Waals surface area contributed by atoms with Crippen molar-refractivity contribution in [2.24, 2.45) is 0 Å². The molecular formula is C26H14Cl2N2OS. The highest BCUT2D eigenvalue weighted by Crippen LogP contribution is 2.33. The number of aromatic nitrogens is 1. The molecule has 32 heavy (non-hydrogen) atoms. The van der Waals surface area contributed by atoms with Crippen molar-refractivity contribution < 1.29 is 4.42 Å². The highest BCUT2D eigenvalue weighted by atomic mass is 35.5. The number of halogens is 2. The van der Waals surface area contributed by atoms with E-state index >= 15 is 0 Å². The minimum atomic E-state index is 0.431. The van der Waals surface area contributed by atoms with Crippen LogP contribution in [0.4, 0.5) is 0 Å². The smallest absolute Gasteiger partial charge is 0.136 e. The lowest BCUT2D eigenvalue weighted by Gasteiger charge is -2.01. The second-order valence-corrected chi connectivity index (χ2v) is 8.80. The Balaban J connectivity index is 1.46. The molecule has 0 aliphatic rings. The second kappa shape index (κ2) is 8.64. The summed E-state index contributed by atoms with van der Waals surface area (Å²) in [5.41, 5.74) is 2.98. The van der Waals surface area contributed by atoms with Gasteiger partial charge in [0, 0.05) is 27.6 Å². The van der Waals surface area contributed by atoms with Gasteiger partial charge >= 0.3 is 0 Å². The molecule has 2 heterocycles. The third kappa shape index (κ3) is 4.06. The van der Waals surface area contributed by atoms with Gasteiger partial charge in [-0.3, -0.25) is 0 Å². The highest BCUT2D eigenvalue weighted by Gasteiger charge is 2.13. The minimum absolute atomic E-state index is 0.431. The van der Waals surface area contributed by atoms with Crippen LogP contribution in [0.2, 0.25) is 10.0 Å². The summed E-state index contributed by atoms with van der Waals surface area (Å²) in [6.45, 7) is 0. The maximum Gasteiger partial charge on any atom is 0.136 e. The van der Waals surface area contributed by atoms with Crippen LogP contribution in [0.5, 0.6) is 0 Å². The Kier molecular flexibility index (Phi) is 5.55. The van der Waals surface area contributed by atoms with Crippen molar-refractivity contribution >= 4 is 57.0 Å². The van der Waals surface area contributed by atoms with Crippen LogP contribution < -0.4 is 0 Å². The zero-order chi connectivity index (χ0) is 22.1. The van der Waals surface area contributed by atoms with Crippen LogP contribution in [-0.2, 0) is 0 Å². The summed E-state index contributed by atoms with van der Waals surface area (Å²) >= 11 is 13.8. The fourth-order valence-electron chi connectivity index (χ4n) is 3.42. The van der Waals surface area contributed by atoms with Gasteiger partial charge in [0.25, 0.3) is 0 Å². The molecule has 6 heteroatoms. The number of fused-ring (bicyclic) bond motifs is 1. The summed E-state index contributed by atoms with van der Waals surface area (Å²) in [5.74, 6) is 1.12. The molecule has 2 aromatic heterocycles. The van der Waals surface area contributed by atoms with E-state index in [2.05, 4.69) is 30.3 Å². The van der Waals surface area contributed by atoms with Gasteiger partial charge in [0.2, 0.25) is 0 Å². The molecule has 0 saturated heterocycles. The first kappa shape index (κ1) is 20.5. The average Bonchev–Trinajstić information content (AvgIpc) is 3.49. The molecule has 0 aliphatic carbocycles. The van der Waals surface area contributed by atoms with Crippen molar-refractivity contribution in [2.75, 3.05) is 0 Å². The Morgan fingerprint density at radius 2 is 1.81 bits per heavy atom. The summed E-state index contributed by atoms with van der Waals surface area (Å²) in [5, 5.41) is 15.8. The van der Waals surface area contributed by atoms with E-state index < -0.39 is 0 Å². The SMILES string of the molecule is N#C/C(=C\c1ccc(-c2cc(Cl)ccc2Cl)o1)c1nc(-c2ccc3ccccc3c2)cs1. The largest absolute Gasteiger partial charge is 0.457 e. The number of thiazole rings is 1. The second-order valence-electron chi connectivity index (χ2n) is 7.10. The van der Waals surface area contributed by atoms with Crippen molar-refractivity contribution in [2.45, 2.75) is 0 Å². The van der Waals surface area contributed by atoms with Gasteiger partial charge in [-0.05, 0) is 47.2 Å². The van der Waals surface area contributed by atoms with Gasteiger partial charge in [-0.2, -0.15) is 5.26 Å². The van der Waals surface area contributed by atoms with Crippen LogP contribution in [0.3, 0.4) is 0 Å². The average molecular weight is 473 g/mol. The fraction of sp³-hybridized carbons (Fsp3) is 0. The summed E-state index contributed by atoms with van der Waals surface area (Å²) in [4.78, 5) is 4.69. The third-order valence-electron chi connectivity index (χ3n) is 5.01. The van der Waals surface area contributed by atoms with Crippen molar-refractivity contribution in [3.63, 3.8) is 0 Å². The lowest BCUT2D eigenvalue weighted by molar-refractivity contribution is 0.572. The van der Waals surface area contributed by atoms with Gasteiger partial charge in [0.05, 0.1) is 16.3 Å². The number of nitrogens with zero attached hydrogens (tertiary/aromatic N) is 2. The van der Waals surface area contributed by atoms with Crippen molar-refractivity contribution in [1.29, 1.82) is 5.26 Å². The van der Waals surface area contributed by atoms with Crippen molar-refractivity contribution in [3.05, 3.63) is 99.0 Å². The van der Waals surface area contributed by atoms with Gasteiger partial charge in [0.1, 0.15) is 22.6 Å². The first-order chi connectivity index (χ1) is 15.6. The summed E-state index contributed by atoms with van der Waals surface area (Å²) in [7, 11) is 0. The monoisotopic (exact) mass is 472 g/mol. The molecule has 0 aliphatic heterocycles. The number of hydrogen-bond acceptors (Lipinski definition) is 4. The van der Waals surface area contributed by atoms with Crippen LogP contribution in [0.25, 0.3) is 45.0 Å². The first-order valence-electron chi connectivity index (χ1n) is 9.73. The molecule has 0 saturated carbocycles. The zero-order valence-electron chi connectivity index (χ0n) is 16.5. The standard InChI is InChI=1S/C26H14Cl2N2OS/c27-20-7-9-23(28)22(13-20)25-10-8-21(31-25)12-19(14-29)26-30-24(15-32-26)18-6-5-16-3-1-2-4-17(16)11-18/h1-13,15H/b19-12+. The zero-order valence-corrected chi connectivity index (χ0v) is 18.9. The van der Waals surface area contributed by atoms with Gasteiger partial charge in [-0.25, -0.2) is 4.98 Å². The predicted molar refractivity (Wildman–Crippen MR) is 133 cm³/mol. The number of furan rings is 1. The van der Waals surface area contributed by atoms with Gasteiger partial charge < -0.3 is 4.42 Å². The normalized spacial score (nSPS) is 11.6. The molecular weight excluding hydrogens is 459 g/mol. The van der Waals surface area contributed by atoms with E-state index in [1.807, 2.05) is 23.6 Å². The van der Waals surface area contributed by atoms with Crippen LogP contribution >= 0.6 is 34.5 Å². The van der Waals surface area contributed by atoms with Crippen molar-refractivity contribution in [1.82, 2.24) is 4.98 Å². The molecule has 0 spiro atoms. The Hall–Kier alpha value is -3.36. The maximum atomic E-state index is 9.73. The topological polar surface area (TPSA) is 49.8 Å². The molecule has 0 N–H and O–H groups in total. The molecule has 0 atom stereocenters. The van der Waals surface area contributed by atoms with E-state index in [1.165, 1.54) is 16.7 Å². The molecule has 3 aromatic carbocycles. The maximum absolute atomic E-state index is 9.73. The molecule has 0 amide bonds. The quantitative estimate of drug-likeness (QED) is 0.246. The summed E-state index contributed by atoms with van der Waals surface area (Å²) in [6.07, 6.45) is 1.69. The van der Waals surface area contributed by atoms with Crippen LogP contribution in [-0.4, -0.2) is 4.98 Å². The summed E-state index contributed by atoms with van der Waals surface area (Å²) < 4.78 is 5.91. The Morgan fingerprint density at radius 1 is 0.969 bits per heavy atom. The highest BCUT2D eigenvalue weighted by molar-refractivity contribution is 7.11. The molecule has 0 radical (unpaired) electrons. The van der Waals surface area contributed by atoms with Gasteiger partial charge in [0.15, 0.2) is 0 Å². The molecule has 3 nitrogen and oxygen atoms in total. The first-order valence-corrected chi connectivity index (χ1v) is 11.4. The van der Waals surface area contributed by atoms with Crippen molar-refractivity contribution in [3.8, 4) is 28.7 Å². The third-order valence-corrected chi connectivity index (χ3v) is 6.45. The van der Waals surface area contributed by atoms with Gasteiger partial charge in [-0.15, -0.1) is 11.3 Å². The molecule has 0 bridgehead atoms. The minimum Gasteiger partial charge on any atom is -0.457 e. The Morgan fingerprint density at radius 3 is 2.66 bits per heavy atom. The van der Waals surface area contributed by atoms with Crippen LogP contribution in [0.15, 0.2) is 82.6 Å². The Labute approximate surface area is 198 Å². The van der Waals surface area contributed by atoms with E-state index in [0.29, 0.717) is 37.7 Å². The van der Waals surface area contributed by atoms with E-state index in [-0.39, 0.29) is 0 Å². The molecule has 5 aromatic rings. The Bertz CT molecular complexity index is 1520. The fourth-order valence-corrected chi connectivity index (χ4v) is 4.60. The van der Waals surface area contributed by atoms with Crippen LogP contribution in [0, 0.1) is 11.3 Å². The number of allylic oxidation sites excluding steroid dienone is 1. The van der Waals surface area contributed by atoms with E-state index in [9.17, 15) is 5.26 Å². The van der Waals surface area contributed by atoms with E-state index in [0.717, 1.165) is 16.6 Å². The number of hydrogen-bond donors (Lipinski definition) is 0. The number of benzene rings is 3. The predicted octanol–water partition coefficient (Wildman–Crippen LogP) is 8.59. The van der Waals surface area contributed by atoms with E-state index in [4.69, 9.17) is 32.6 Å². The van der Waals surface area contributed by atoms with Gasteiger partial charge in [-0.1, -0.05) is 59.6 Å².